The lowest BCUT2D eigenvalue weighted by molar-refractivity contribution is -0.275. The van der Waals surface area contributed by atoms with Crippen LogP contribution in [0.2, 0.25) is 0 Å². The van der Waals surface area contributed by atoms with Crippen LogP contribution >= 0.6 is 22.6 Å². The number of alkyl halides is 5. The Bertz CT molecular complexity index is 395. The number of aromatic nitrogens is 1. The van der Waals surface area contributed by atoms with E-state index >= 15 is 0 Å². The van der Waals surface area contributed by atoms with Gasteiger partial charge in [0.15, 0.2) is 0 Å². The summed E-state index contributed by atoms with van der Waals surface area (Å²) in [5, 5.41) is 0. The van der Waals surface area contributed by atoms with Crippen LogP contribution in [-0.4, -0.2) is 11.3 Å². The van der Waals surface area contributed by atoms with E-state index in [4.69, 9.17) is 5.73 Å². The number of halogens is 6. The molecule has 0 saturated heterocycles. The fourth-order valence-electron chi connectivity index (χ4n) is 0.855. The molecule has 9 heteroatoms. The van der Waals surface area contributed by atoms with Gasteiger partial charge < -0.3 is 10.5 Å². The molecule has 3 nitrogen and oxygen atoms in total. The Morgan fingerprint density at radius 2 is 1.94 bits per heavy atom. The van der Waals surface area contributed by atoms with Gasteiger partial charge in [0.05, 0.1) is 3.57 Å². The average molecular weight is 354 g/mol. The highest BCUT2D eigenvalue weighted by Crippen LogP contribution is 2.33. The Morgan fingerprint density at radius 1 is 1.38 bits per heavy atom. The predicted octanol–water partition coefficient (Wildman–Crippen LogP) is 3.10. The van der Waals surface area contributed by atoms with Crippen molar-refractivity contribution in [1.29, 1.82) is 0 Å². The molecule has 0 fully saturated rings. The van der Waals surface area contributed by atoms with E-state index in [1.54, 1.807) is 0 Å². The van der Waals surface area contributed by atoms with E-state index in [9.17, 15) is 22.0 Å². The third-order valence-corrected chi connectivity index (χ3v) is 2.50. The fraction of sp³-hybridized carbons (Fsp3) is 0.286. The highest BCUT2D eigenvalue weighted by molar-refractivity contribution is 14.1. The molecule has 0 atom stereocenters. The van der Waals surface area contributed by atoms with Crippen molar-refractivity contribution in [3.8, 4) is 5.75 Å². The number of nitrogens with two attached hydrogens (primary N) is 1. The molecule has 0 aliphatic rings. The topological polar surface area (TPSA) is 48.1 Å². The van der Waals surface area contributed by atoms with Crippen molar-refractivity contribution >= 4 is 28.4 Å². The smallest absolute Gasteiger partial charge is 0.404 e. The molecule has 0 amide bonds. The molecule has 0 aliphatic carbocycles. The Morgan fingerprint density at radius 3 is 2.38 bits per heavy atom. The van der Waals surface area contributed by atoms with E-state index in [0.717, 1.165) is 0 Å². The summed E-state index contributed by atoms with van der Waals surface area (Å²) >= 11 is 1.43. The molecule has 2 N–H and O–H groups in total. The number of hydrogen-bond acceptors (Lipinski definition) is 3. The quantitative estimate of drug-likeness (QED) is 0.656. The lowest BCUT2D eigenvalue weighted by atomic mass is 10.3. The fourth-order valence-corrected chi connectivity index (χ4v) is 1.24. The van der Waals surface area contributed by atoms with E-state index in [1.165, 1.54) is 22.6 Å². The van der Waals surface area contributed by atoms with Crippen LogP contribution in [0.4, 0.5) is 27.8 Å². The van der Waals surface area contributed by atoms with Crippen LogP contribution < -0.4 is 10.5 Å². The van der Waals surface area contributed by atoms with Crippen molar-refractivity contribution in [1.82, 2.24) is 4.98 Å². The van der Waals surface area contributed by atoms with Crippen molar-refractivity contribution in [3.63, 3.8) is 0 Å². The minimum atomic E-state index is -4.97. The summed E-state index contributed by atoms with van der Waals surface area (Å²) in [6.07, 6.45) is -7.98. The minimum Gasteiger partial charge on any atom is -0.404 e. The highest BCUT2D eigenvalue weighted by atomic mass is 127. The molecule has 16 heavy (non-hydrogen) atoms. The van der Waals surface area contributed by atoms with E-state index in [1.807, 2.05) is 0 Å². The molecule has 0 aliphatic heterocycles. The number of nitrogens with zero attached hydrogens (tertiary/aromatic N) is 1. The van der Waals surface area contributed by atoms with Crippen molar-refractivity contribution in [2.45, 2.75) is 12.8 Å². The van der Waals surface area contributed by atoms with Crippen molar-refractivity contribution < 1.29 is 26.7 Å². The summed E-state index contributed by atoms with van der Waals surface area (Å²) in [5.74, 6) is -1.21. The second-order valence-electron chi connectivity index (χ2n) is 2.59. The van der Waals surface area contributed by atoms with Gasteiger partial charge in [-0.05, 0) is 22.6 Å². The zero-order valence-corrected chi connectivity index (χ0v) is 9.51. The van der Waals surface area contributed by atoms with Gasteiger partial charge in [-0.1, -0.05) is 0 Å². The Labute approximate surface area is 99.9 Å². The lowest BCUT2D eigenvalue weighted by Crippen LogP contribution is -2.18. The van der Waals surface area contributed by atoms with Crippen LogP contribution in [0, 0.1) is 3.57 Å². The maximum Gasteiger partial charge on any atom is 0.573 e. The van der Waals surface area contributed by atoms with Gasteiger partial charge in [0.25, 0.3) is 6.43 Å². The predicted molar refractivity (Wildman–Crippen MR) is 53.0 cm³/mol. The minimum absolute atomic E-state index is 0.167. The van der Waals surface area contributed by atoms with Gasteiger partial charge in [0.1, 0.15) is 17.3 Å². The summed E-state index contributed by atoms with van der Waals surface area (Å²) in [5.41, 5.74) is 4.32. The van der Waals surface area contributed by atoms with E-state index in [2.05, 4.69) is 9.72 Å². The second kappa shape index (κ2) is 4.55. The maximum atomic E-state index is 12.2. The van der Waals surface area contributed by atoms with Crippen molar-refractivity contribution in [2.24, 2.45) is 0 Å². The average Bonchev–Trinajstić information content (AvgIpc) is 2.10. The highest BCUT2D eigenvalue weighted by Gasteiger charge is 2.33. The number of rotatable bonds is 2. The standard InChI is InChI=1S/C7H4F5IN2O/c8-5(9)2-1-3(16-7(10,11)12)4(13)6(14)15-2/h1,5H,(H2,14,15). The maximum absolute atomic E-state index is 12.2. The normalized spacial score (nSPS) is 11.9. The molecule has 0 bridgehead atoms. The molecule has 0 spiro atoms. The van der Waals surface area contributed by atoms with Crippen LogP contribution in [0.5, 0.6) is 5.75 Å². The van der Waals surface area contributed by atoms with Gasteiger partial charge in [-0.3, -0.25) is 0 Å². The molecule has 1 rings (SSSR count). The SMILES string of the molecule is Nc1nc(C(F)F)cc(OC(F)(F)F)c1I. The first-order chi connectivity index (χ1) is 7.20. The molecule has 0 unspecified atom stereocenters. The molecular formula is C7H4F5IN2O. The number of anilines is 1. The van der Waals surface area contributed by atoms with Gasteiger partial charge in [-0.25, -0.2) is 13.8 Å². The molecule has 0 saturated carbocycles. The largest absolute Gasteiger partial charge is 0.573 e. The monoisotopic (exact) mass is 354 g/mol. The van der Waals surface area contributed by atoms with E-state index in [-0.39, 0.29) is 3.57 Å². The van der Waals surface area contributed by atoms with Gasteiger partial charge in [-0.15, -0.1) is 13.2 Å². The number of pyridine rings is 1. The molecule has 1 heterocycles. The Kier molecular flexibility index (Phi) is 3.76. The van der Waals surface area contributed by atoms with Crippen LogP contribution in [-0.2, 0) is 0 Å². The first-order valence-electron chi connectivity index (χ1n) is 3.70. The van der Waals surface area contributed by atoms with Crippen LogP contribution in [0.1, 0.15) is 12.1 Å². The zero-order chi connectivity index (χ0) is 12.5. The number of nitrogen functional groups attached to an aromatic ring is 1. The summed E-state index contributed by atoms with van der Waals surface area (Å²) in [7, 11) is 0. The molecular weight excluding hydrogens is 350 g/mol. The van der Waals surface area contributed by atoms with Crippen molar-refractivity contribution in [3.05, 3.63) is 15.3 Å². The van der Waals surface area contributed by atoms with Crippen LogP contribution in [0.25, 0.3) is 0 Å². The van der Waals surface area contributed by atoms with Gasteiger partial charge in [-0.2, -0.15) is 0 Å². The molecule has 1 aromatic rings. The first-order valence-corrected chi connectivity index (χ1v) is 4.78. The van der Waals surface area contributed by atoms with Gasteiger partial charge in [0.2, 0.25) is 0 Å². The van der Waals surface area contributed by atoms with Gasteiger partial charge >= 0.3 is 6.36 Å². The molecule has 0 aromatic carbocycles. The Hall–Kier alpha value is -0.870. The number of hydrogen-bond donors (Lipinski definition) is 1. The van der Waals surface area contributed by atoms with Gasteiger partial charge in [0, 0.05) is 6.07 Å². The van der Waals surface area contributed by atoms with E-state index < -0.39 is 30.0 Å². The molecule has 90 valence electrons. The third-order valence-electron chi connectivity index (χ3n) is 1.42. The zero-order valence-electron chi connectivity index (χ0n) is 7.36. The number of ether oxygens (including phenoxy) is 1. The van der Waals surface area contributed by atoms with Crippen molar-refractivity contribution in [2.75, 3.05) is 5.73 Å². The first kappa shape index (κ1) is 13.2. The van der Waals surface area contributed by atoms with E-state index in [0.29, 0.717) is 6.07 Å². The molecule has 0 radical (unpaired) electrons. The van der Waals surface area contributed by atoms with Crippen LogP contribution in [0.3, 0.4) is 0 Å². The summed E-state index contributed by atoms with van der Waals surface area (Å²) in [4.78, 5) is 3.24. The molecule has 1 aromatic heterocycles. The third kappa shape index (κ3) is 3.32. The lowest BCUT2D eigenvalue weighted by Gasteiger charge is -2.12. The van der Waals surface area contributed by atoms with Crippen LogP contribution in [0.15, 0.2) is 6.07 Å². The second-order valence-corrected chi connectivity index (χ2v) is 3.67. The summed E-state index contributed by atoms with van der Waals surface area (Å²) in [6.45, 7) is 0. The summed E-state index contributed by atoms with van der Waals surface area (Å²) in [6, 6.07) is 0.510. The summed E-state index contributed by atoms with van der Waals surface area (Å²) < 4.78 is 63.6. The Balaban J connectivity index is 3.17.